The van der Waals surface area contributed by atoms with E-state index >= 15 is 0 Å². The monoisotopic (exact) mass is 265 g/mol. The minimum atomic E-state index is 0.730. The quantitative estimate of drug-likeness (QED) is 0.659. The van der Waals surface area contributed by atoms with Gasteiger partial charge in [-0.1, -0.05) is 20.8 Å². The average Bonchev–Trinajstić information content (AvgIpc) is 2.44. The molecule has 0 aliphatic heterocycles. The Balaban J connectivity index is 2.35. The molecule has 0 saturated carbocycles. The van der Waals surface area contributed by atoms with Crippen molar-refractivity contribution in [3.63, 3.8) is 0 Å². The number of hydrogen-bond donors (Lipinski definition) is 1. The van der Waals surface area contributed by atoms with Crippen LogP contribution in [0.1, 0.15) is 32.9 Å². The number of hydrogen-bond acceptors (Lipinski definition) is 4. The molecule has 1 rings (SSSR count). The number of ether oxygens (including phenoxy) is 1. The highest BCUT2D eigenvalue weighted by molar-refractivity contribution is 5.22. The van der Waals surface area contributed by atoms with E-state index in [0.29, 0.717) is 0 Å². The minimum Gasteiger partial charge on any atom is -0.492 e. The van der Waals surface area contributed by atoms with Gasteiger partial charge in [-0.3, -0.25) is 4.98 Å². The smallest absolute Gasteiger partial charge is 0.122 e. The van der Waals surface area contributed by atoms with Crippen LogP contribution in [0, 0.1) is 0 Å². The molecule has 1 aromatic rings. The lowest BCUT2D eigenvalue weighted by Crippen LogP contribution is -2.27. The van der Waals surface area contributed by atoms with Crippen molar-refractivity contribution in [2.45, 2.75) is 33.7 Å². The maximum absolute atomic E-state index is 5.78. The molecule has 0 aromatic carbocycles. The van der Waals surface area contributed by atoms with E-state index in [1.165, 1.54) is 0 Å². The van der Waals surface area contributed by atoms with Crippen molar-refractivity contribution in [2.75, 3.05) is 32.8 Å². The second kappa shape index (κ2) is 9.75. The lowest BCUT2D eigenvalue weighted by molar-refractivity contribution is 0.222. The van der Waals surface area contributed by atoms with Gasteiger partial charge in [0.2, 0.25) is 0 Å². The van der Waals surface area contributed by atoms with Gasteiger partial charge < -0.3 is 15.0 Å². The summed E-state index contributed by atoms with van der Waals surface area (Å²) in [6.07, 6.45) is 2.95. The van der Waals surface area contributed by atoms with Gasteiger partial charge in [-0.05, 0) is 32.1 Å². The molecular formula is C15H27N3O. The molecule has 0 radical (unpaired) electrons. The number of nitrogens with zero attached hydrogens (tertiary/aromatic N) is 2. The Labute approximate surface area is 117 Å². The van der Waals surface area contributed by atoms with Crippen molar-refractivity contribution < 1.29 is 4.74 Å². The molecular weight excluding hydrogens is 238 g/mol. The van der Waals surface area contributed by atoms with Gasteiger partial charge in [0.15, 0.2) is 0 Å². The molecule has 0 atom stereocenters. The summed E-state index contributed by atoms with van der Waals surface area (Å²) in [5.74, 6) is 0.912. The highest BCUT2D eigenvalue weighted by Gasteiger charge is 2.01. The van der Waals surface area contributed by atoms with E-state index in [4.69, 9.17) is 4.74 Å². The largest absolute Gasteiger partial charge is 0.492 e. The van der Waals surface area contributed by atoms with E-state index in [1.54, 1.807) is 0 Å². The molecule has 108 valence electrons. The maximum Gasteiger partial charge on any atom is 0.122 e. The number of pyridine rings is 1. The van der Waals surface area contributed by atoms with Crippen molar-refractivity contribution in [3.8, 4) is 5.75 Å². The van der Waals surface area contributed by atoms with Crippen LogP contribution in [0.25, 0.3) is 0 Å². The van der Waals surface area contributed by atoms with Gasteiger partial charge >= 0.3 is 0 Å². The fourth-order valence-corrected chi connectivity index (χ4v) is 1.87. The van der Waals surface area contributed by atoms with Gasteiger partial charge in [0.05, 0.1) is 5.69 Å². The summed E-state index contributed by atoms with van der Waals surface area (Å²) in [7, 11) is 0. The minimum absolute atomic E-state index is 0.730. The highest BCUT2D eigenvalue weighted by Crippen LogP contribution is 2.10. The Morgan fingerprint density at radius 3 is 2.74 bits per heavy atom. The molecule has 0 spiro atoms. The van der Waals surface area contributed by atoms with Gasteiger partial charge in [0.1, 0.15) is 12.4 Å². The molecule has 0 saturated heterocycles. The van der Waals surface area contributed by atoms with E-state index in [0.717, 1.165) is 57.2 Å². The normalized spacial score (nSPS) is 10.9. The lowest BCUT2D eigenvalue weighted by Gasteiger charge is -2.18. The summed E-state index contributed by atoms with van der Waals surface area (Å²) < 4.78 is 5.78. The Kier molecular flexibility index (Phi) is 8.18. The van der Waals surface area contributed by atoms with Crippen molar-refractivity contribution in [3.05, 3.63) is 24.0 Å². The van der Waals surface area contributed by atoms with E-state index in [9.17, 15) is 0 Å². The van der Waals surface area contributed by atoms with Gasteiger partial charge in [-0.15, -0.1) is 0 Å². The topological polar surface area (TPSA) is 37.4 Å². The summed E-state index contributed by atoms with van der Waals surface area (Å²) in [6, 6.07) is 3.94. The lowest BCUT2D eigenvalue weighted by atomic mass is 10.3. The van der Waals surface area contributed by atoms with Crippen molar-refractivity contribution in [2.24, 2.45) is 0 Å². The molecule has 0 fully saturated rings. The van der Waals surface area contributed by atoms with Gasteiger partial charge in [0, 0.05) is 25.4 Å². The zero-order chi connectivity index (χ0) is 13.9. The average molecular weight is 265 g/mol. The molecule has 0 bridgehead atoms. The summed E-state index contributed by atoms with van der Waals surface area (Å²) in [6.45, 7) is 12.2. The summed E-state index contributed by atoms with van der Waals surface area (Å²) in [5.41, 5.74) is 1.04. The first kappa shape index (κ1) is 15.9. The van der Waals surface area contributed by atoms with E-state index in [1.807, 2.05) is 18.3 Å². The fraction of sp³-hybridized carbons (Fsp3) is 0.667. The molecule has 0 aliphatic rings. The van der Waals surface area contributed by atoms with E-state index < -0.39 is 0 Å². The van der Waals surface area contributed by atoms with Crippen LogP contribution in [0.5, 0.6) is 5.75 Å². The van der Waals surface area contributed by atoms with Crippen LogP contribution in [0.15, 0.2) is 18.3 Å². The predicted molar refractivity (Wildman–Crippen MR) is 79.5 cm³/mol. The molecule has 0 unspecified atom stereocenters. The maximum atomic E-state index is 5.78. The SMILES string of the molecule is CCCNCc1cc(OCCN(CC)CC)ccn1. The first-order chi connectivity index (χ1) is 9.30. The Morgan fingerprint density at radius 2 is 2.05 bits per heavy atom. The molecule has 0 amide bonds. The first-order valence-corrected chi connectivity index (χ1v) is 7.30. The van der Waals surface area contributed by atoms with Gasteiger partial charge in [0.25, 0.3) is 0 Å². The Morgan fingerprint density at radius 1 is 1.26 bits per heavy atom. The van der Waals surface area contributed by atoms with Gasteiger partial charge in [-0.25, -0.2) is 0 Å². The number of rotatable bonds is 10. The molecule has 4 nitrogen and oxygen atoms in total. The molecule has 0 aliphatic carbocycles. The van der Waals surface area contributed by atoms with Crippen LogP contribution in [0.3, 0.4) is 0 Å². The summed E-state index contributed by atoms with van der Waals surface area (Å²) >= 11 is 0. The number of nitrogens with one attached hydrogen (secondary N) is 1. The molecule has 4 heteroatoms. The zero-order valence-corrected chi connectivity index (χ0v) is 12.5. The van der Waals surface area contributed by atoms with Crippen LogP contribution in [0.4, 0.5) is 0 Å². The van der Waals surface area contributed by atoms with Crippen LogP contribution in [-0.2, 0) is 6.54 Å². The van der Waals surface area contributed by atoms with Crippen LogP contribution < -0.4 is 10.1 Å². The highest BCUT2D eigenvalue weighted by atomic mass is 16.5. The summed E-state index contributed by atoms with van der Waals surface area (Å²) in [5, 5.41) is 3.34. The van der Waals surface area contributed by atoms with Crippen molar-refractivity contribution in [1.29, 1.82) is 0 Å². The molecule has 19 heavy (non-hydrogen) atoms. The third kappa shape index (κ3) is 6.55. The molecule has 1 N–H and O–H groups in total. The van der Waals surface area contributed by atoms with Crippen molar-refractivity contribution >= 4 is 0 Å². The van der Waals surface area contributed by atoms with E-state index in [2.05, 4.69) is 36.0 Å². The zero-order valence-electron chi connectivity index (χ0n) is 12.5. The Hall–Kier alpha value is -1.13. The standard InChI is InChI=1S/C15H27N3O/c1-4-8-16-13-14-12-15(7-9-17-14)19-11-10-18(5-2)6-3/h7,9,12,16H,4-6,8,10-11,13H2,1-3H3. The summed E-state index contributed by atoms with van der Waals surface area (Å²) in [4.78, 5) is 6.69. The van der Waals surface area contributed by atoms with Crippen molar-refractivity contribution in [1.82, 2.24) is 15.2 Å². The second-order valence-electron chi connectivity index (χ2n) is 4.54. The molecule has 1 heterocycles. The van der Waals surface area contributed by atoms with Crippen LogP contribution in [-0.4, -0.2) is 42.7 Å². The van der Waals surface area contributed by atoms with Crippen LogP contribution >= 0.6 is 0 Å². The number of likely N-dealkylation sites (N-methyl/N-ethyl adjacent to an activating group) is 1. The first-order valence-electron chi connectivity index (χ1n) is 7.30. The van der Waals surface area contributed by atoms with Gasteiger partial charge in [-0.2, -0.15) is 0 Å². The molecule has 1 aromatic heterocycles. The van der Waals surface area contributed by atoms with E-state index in [-0.39, 0.29) is 0 Å². The second-order valence-corrected chi connectivity index (χ2v) is 4.54. The fourth-order valence-electron chi connectivity index (χ4n) is 1.87. The Bertz CT molecular complexity index is 340. The van der Waals surface area contributed by atoms with Crippen LogP contribution in [0.2, 0.25) is 0 Å². The predicted octanol–water partition coefficient (Wildman–Crippen LogP) is 2.30. The number of aromatic nitrogens is 1. The third-order valence-corrected chi connectivity index (χ3v) is 3.09. The third-order valence-electron chi connectivity index (χ3n) is 3.09.